The Morgan fingerprint density at radius 1 is 1.72 bits per heavy atom. The fraction of sp³-hybridized carbons (Fsp3) is 0.222. The summed E-state index contributed by atoms with van der Waals surface area (Å²) < 4.78 is 6.56. The number of nitrogens with two attached hydrogens (primary N) is 1. The lowest BCUT2D eigenvalue weighted by molar-refractivity contribution is 0.0952. The van der Waals surface area contributed by atoms with Crippen LogP contribution in [0, 0.1) is 0 Å². The molecule has 0 aliphatic rings. The second kappa shape index (κ2) is 5.10. The molecule has 0 fully saturated rings. The van der Waals surface area contributed by atoms with Gasteiger partial charge in [0, 0.05) is 7.05 Å². The van der Waals surface area contributed by atoms with Crippen LogP contribution in [0.3, 0.4) is 0 Å². The zero-order chi connectivity index (χ0) is 13.1. The van der Waals surface area contributed by atoms with E-state index in [1.165, 1.54) is 28.7 Å². The second-order valence-electron chi connectivity index (χ2n) is 3.39. The molecule has 2 aromatic rings. The van der Waals surface area contributed by atoms with E-state index in [2.05, 4.69) is 10.2 Å². The number of hydrogen-bond acceptors (Lipinski definition) is 6. The van der Waals surface area contributed by atoms with Crippen LogP contribution in [0.4, 0.5) is 0 Å². The molecule has 0 bridgehead atoms. The predicted molar refractivity (Wildman–Crippen MR) is 63.8 cm³/mol. The lowest BCUT2D eigenvalue weighted by Gasteiger charge is -2.01. The van der Waals surface area contributed by atoms with Crippen LogP contribution in [-0.2, 0) is 12.8 Å². The lowest BCUT2D eigenvalue weighted by Crippen LogP contribution is -2.30. The van der Waals surface area contributed by atoms with Crippen LogP contribution in [0.5, 0.6) is 0 Å². The van der Waals surface area contributed by atoms with Crippen LogP contribution in [0.2, 0.25) is 0 Å². The summed E-state index contributed by atoms with van der Waals surface area (Å²) in [6, 6.07) is 1.53. The van der Waals surface area contributed by atoms with E-state index in [-0.39, 0.29) is 5.69 Å². The van der Waals surface area contributed by atoms with Gasteiger partial charge in [-0.3, -0.25) is 14.8 Å². The van der Waals surface area contributed by atoms with E-state index in [0.29, 0.717) is 22.2 Å². The molecule has 0 saturated heterocycles. The summed E-state index contributed by atoms with van der Waals surface area (Å²) in [7, 11) is 1.60. The van der Waals surface area contributed by atoms with E-state index < -0.39 is 5.91 Å². The summed E-state index contributed by atoms with van der Waals surface area (Å²) >= 11 is 1.27. The number of aromatic nitrogens is 3. The number of aromatic amines is 1. The highest BCUT2D eigenvalue weighted by atomic mass is 32.2. The molecule has 0 aromatic carbocycles. The van der Waals surface area contributed by atoms with Gasteiger partial charge in [0.2, 0.25) is 0 Å². The molecule has 8 nitrogen and oxygen atoms in total. The molecule has 0 radical (unpaired) electrons. The molecular formula is C9H11N5O3S. The Kier molecular flexibility index (Phi) is 3.53. The molecule has 18 heavy (non-hydrogen) atoms. The van der Waals surface area contributed by atoms with Crippen LogP contribution in [0.1, 0.15) is 16.1 Å². The first-order chi connectivity index (χ1) is 8.63. The van der Waals surface area contributed by atoms with Gasteiger partial charge in [-0.05, 0) is 6.07 Å². The summed E-state index contributed by atoms with van der Waals surface area (Å²) in [4.78, 5) is 22.5. The highest BCUT2D eigenvalue weighted by Gasteiger charge is 2.15. The Balaban J connectivity index is 2.11. The van der Waals surface area contributed by atoms with Crippen molar-refractivity contribution in [2.24, 2.45) is 12.9 Å². The van der Waals surface area contributed by atoms with Crippen LogP contribution in [0.25, 0.3) is 0 Å². The minimum absolute atomic E-state index is 0.295. The zero-order valence-electron chi connectivity index (χ0n) is 9.47. The van der Waals surface area contributed by atoms with E-state index >= 15 is 0 Å². The standard InChI is InChI=1S/C9H11N5O3S/c1-14-8(16)12-13-9(14)18-4-6-5(2-3-17-6)7(15)11-10/h2-3H,4,10H2,1H3,(H,11,15)(H,12,16). The van der Waals surface area contributed by atoms with E-state index in [9.17, 15) is 9.59 Å². The third kappa shape index (κ3) is 2.31. The maximum atomic E-state index is 11.4. The first-order valence-electron chi connectivity index (χ1n) is 4.95. The van der Waals surface area contributed by atoms with Gasteiger partial charge >= 0.3 is 5.69 Å². The minimum Gasteiger partial charge on any atom is -0.468 e. The number of amides is 1. The number of furan rings is 1. The van der Waals surface area contributed by atoms with Crippen molar-refractivity contribution in [1.82, 2.24) is 20.2 Å². The number of thioether (sulfide) groups is 1. The number of rotatable bonds is 4. The quantitative estimate of drug-likeness (QED) is 0.301. The molecule has 0 aliphatic carbocycles. The van der Waals surface area contributed by atoms with Crippen molar-refractivity contribution in [3.05, 3.63) is 34.1 Å². The van der Waals surface area contributed by atoms with E-state index in [1.807, 2.05) is 5.43 Å². The van der Waals surface area contributed by atoms with Gasteiger partial charge in [0.25, 0.3) is 5.91 Å². The normalized spacial score (nSPS) is 10.6. The molecule has 2 rings (SSSR count). The number of hydrazine groups is 1. The van der Waals surface area contributed by atoms with Gasteiger partial charge < -0.3 is 4.42 Å². The molecule has 2 aromatic heterocycles. The van der Waals surface area contributed by atoms with Crippen molar-refractivity contribution in [1.29, 1.82) is 0 Å². The number of nitrogens with zero attached hydrogens (tertiary/aromatic N) is 2. The van der Waals surface area contributed by atoms with Gasteiger partial charge in [-0.25, -0.2) is 15.7 Å². The molecule has 0 aliphatic heterocycles. The topological polar surface area (TPSA) is 119 Å². The molecule has 9 heteroatoms. The maximum absolute atomic E-state index is 11.4. The average Bonchev–Trinajstić information content (AvgIpc) is 2.95. The number of nitrogen functional groups attached to an aromatic ring is 1. The monoisotopic (exact) mass is 269 g/mol. The first-order valence-corrected chi connectivity index (χ1v) is 5.93. The van der Waals surface area contributed by atoms with Crippen molar-refractivity contribution in [3.63, 3.8) is 0 Å². The summed E-state index contributed by atoms with van der Waals surface area (Å²) in [5.74, 6) is 5.47. The Morgan fingerprint density at radius 3 is 3.11 bits per heavy atom. The Bertz CT molecular complexity index is 614. The number of nitrogens with one attached hydrogen (secondary N) is 2. The van der Waals surface area contributed by atoms with Gasteiger partial charge in [0.15, 0.2) is 5.16 Å². The van der Waals surface area contributed by atoms with E-state index in [4.69, 9.17) is 10.3 Å². The zero-order valence-corrected chi connectivity index (χ0v) is 10.3. The first kappa shape index (κ1) is 12.5. The largest absolute Gasteiger partial charge is 0.468 e. The second-order valence-corrected chi connectivity index (χ2v) is 4.33. The average molecular weight is 269 g/mol. The maximum Gasteiger partial charge on any atom is 0.343 e. The van der Waals surface area contributed by atoms with E-state index in [1.54, 1.807) is 7.05 Å². The number of hydrogen-bond donors (Lipinski definition) is 3. The summed E-state index contributed by atoms with van der Waals surface area (Å²) in [6.07, 6.45) is 1.41. The van der Waals surface area contributed by atoms with Crippen LogP contribution in [0.15, 0.2) is 26.7 Å². The molecule has 4 N–H and O–H groups in total. The Labute approximate surface area is 106 Å². The van der Waals surface area contributed by atoms with Crippen molar-refractivity contribution < 1.29 is 9.21 Å². The molecule has 0 atom stereocenters. The smallest absolute Gasteiger partial charge is 0.343 e. The molecule has 0 saturated carbocycles. The molecular weight excluding hydrogens is 258 g/mol. The van der Waals surface area contributed by atoms with Crippen molar-refractivity contribution in [2.75, 3.05) is 0 Å². The van der Waals surface area contributed by atoms with E-state index in [0.717, 1.165) is 0 Å². The summed E-state index contributed by atoms with van der Waals surface area (Å²) in [5.41, 5.74) is 2.11. The molecule has 96 valence electrons. The van der Waals surface area contributed by atoms with Crippen LogP contribution >= 0.6 is 11.8 Å². The number of carbonyl (C=O) groups excluding carboxylic acids is 1. The van der Waals surface area contributed by atoms with Crippen molar-refractivity contribution in [3.8, 4) is 0 Å². The molecule has 0 spiro atoms. The highest BCUT2D eigenvalue weighted by molar-refractivity contribution is 7.98. The number of H-pyrrole nitrogens is 1. The third-order valence-electron chi connectivity index (χ3n) is 2.29. The molecule has 2 heterocycles. The van der Waals surface area contributed by atoms with Crippen molar-refractivity contribution in [2.45, 2.75) is 10.9 Å². The van der Waals surface area contributed by atoms with Gasteiger partial charge in [0.05, 0.1) is 17.6 Å². The van der Waals surface area contributed by atoms with Crippen molar-refractivity contribution >= 4 is 17.7 Å². The molecule has 0 unspecified atom stereocenters. The van der Waals surface area contributed by atoms with Crippen LogP contribution < -0.4 is 17.0 Å². The molecule has 1 amide bonds. The van der Waals surface area contributed by atoms with Gasteiger partial charge in [-0.15, -0.1) is 5.10 Å². The fourth-order valence-corrected chi connectivity index (χ4v) is 2.19. The third-order valence-corrected chi connectivity index (χ3v) is 3.32. The predicted octanol–water partition coefficient (Wildman–Crippen LogP) is -0.403. The minimum atomic E-state index is -0.421. The summed E-state index contributed by atoms with van der Waals surface area (Å²) in [6.45, 7) is 0. The lowest BCUT2D eigenvalue weighted by atomic mass is 10.2. The van der Waals surface area contributed by atoms with Gasteiger partial charge in [-0.1, -0.05) is 11.8 Å². The Hall–Kier alpha value is -2.00. The summed E-state index contributed by atoms with van der Waals surface area (Å²) in [5, 5.41) is 6.66. The number of carbonyl (C=O) groups is 1. The fourth-order valence-electron chi connectivity index (χ4n) is 1.32. The SMILES string of the molecule is Cn1c(SCc2occc2C(=O)NN)n[nH]c1=O. The van der Waals surface area contributed by atoms with Crippen LogP contribution in [-0.4, -0.2) is 20.7 Å². The van der Waals surface area contributed by atoms with Gasteiger partial charge in [0.1, 0.15) is 5.76 Å². The van der Waals surface area contributed by atoms with Gasteiger partial charge in [-0.2, -0.15) is 0 Å². The highest BCUT2D eigenvalue weighted by Crippen LogP contribution is 2.22. The Morgan fingerprint density at radius 2 is 2.50 bits per heavy atom.